The Morgan fingerprint density at radius 1 is 0.686 bits per heavy atom. The van der Waals surface area contributed by atoms with Gasteiger partial charge in [-0.05, 0) is 83.1 Å². The van der Waals surface area contributed by atoms with Gasteiger partial charge in [0.15, 0.2) is 12.3 Å². The van der Waals surface area contributed by atoms with E-state index >= 15 is 0 Å². The lowest BCUT2D eigenvalue weighted by Gasteiger charge is -2.21. The number of ether oxygens (including phenoxy) is 3. The number of hydrogen-bond donors (Lipinski definition) is 5. The molecule has 0 aromatic carbocycles. The maximum atomic E-state index is 12.9. The smallest absolute Gasteiger partial charge is 0.462 e. The number of hydrogen-bond acceptors (Lipinski definition) is 15. The molecule has 0 bridgehead atoms. The molecule has 0 radical (unpaired) electrons. The Labute approximate surface area is 415 Å². The Hall–Kier alpha value is -3.54. The first-order valence-corrected chi connectivity index (χ1v) is 28.3. The number of carbonyl (C=O) groups excluding carboxylic acids is 2. The van der Waals surface area contributed by atoms with Crippen molar-refractivity contribution >= 4 is 33.4 Å². The first-order chi connectivity index (χ1) is 33.7. The zero-order valence-electron chi connectivity index (χ0n) is 41.6. The second kappa shape index (κ2) is 38.1. The molecule has 1 aromatic rings. The predicted molar refractivity (Wildman–Crippen MR) is 270 cm³/mol. The minimum absolute atomic E-state index is 0.0314. The Morgan fingerprint density at radius 3 is 1.77 bits per heavy atom. The Balaban J connectivity index is 1.83. The molecule has 7 atom stereocenters. The highest BCUT2D eigenvalue weighted by molar-refractivity contribution is 7.61. The van der Waals surface area contributed by atoms with Crippen molar-refractivity contribution in [2.24, 2.45) is 0 Å². The van der Waals surface area contributed by atoms with Gasteiger partial charge >= 0.3 is 33.3 Å². The van der Waals surface area contributed by atoms with Crippen LogP contribution in [0.15, 0.2) is 77.8 Å². The van der Waals surface area contributed by atoms with Crippen LogP contribution in [0.25, 0.3) is 0 Å². The van der Waals surface area contributed by atoms with Gasteiger partial charge in [-0.25, -0.2) is 13.9 Å². The van der Waals surface area contributed by atoms with E-state index in [0.29, 0.717) is 19.3 Å². The molecular formula is C50H83N3O15P2. The highest BCUT2D eigenvalue weighted by Gasteiger charge is 2.46. The number of anilines is 1. The van der Waals surface area contributed by atoms with Crippen molar-refractivity contribution in [2.75, 3.05) is 25.6 Å². The summed E-state index contributed by atoms with van der Waals surface area (Å²) in [5.41, 5.74) is 4.58. The quantitative estimate of drug-likeness (QED) is 0.0177. The molecule has 0 aliphatic carbocycles. The number of aliphatic hydroxyl groups excluding tert-OH is 2. The summed E-state index contributed by atoms with van der Waals surface area (Å²) in [6.07, 6.45) is 37.3. The summed E-state index contributed by atoms with van der Waals surface area (Å²) >= 11 is 0. The van der Waals surface area contributed by atoms with Gasteiger partial charge in [0.25, 0.3) is 0 Å². The minimum Gasteiger partial charge on any atom is -0.462 e. The van der Waals surface area contributed by atoms with E-state index in [-0.39, 0.29) is 18.7 Å². The molecule has 1 saturated heterocycles. The molecule has 0 saturated carbocycles. The third-order valence-corrected chi connectivity index (χ3v) is 13.7. The second-order valence-electron chi connectivity index (χ2n) is 17.3. The monoisotopic (exact) mass is 1030 g/mol. The molecule has 2 rings (SSSR count). The van der Waals surface area contributed by atoms with Gasteiger partial charge in [-0.2, -0.15) is 9.29 Å². The van der Waals surface area contributed by atoms with Crippen LogP contribution in [0.1, 0.15) is 174 Å². The fraction of sp³-hybridized carbons (Fsp3) is 0.680. The summed E-state index contributed by atoms with van der Waals surface area (Å²) in [6, 6.07) is 1.24. The topological polar surface area (TPSA) is 265 Å². The fourth-order valence-corrected chi connectivity index (χ4v) is 9.23. The number of allylic oxidation sites excluding steroid dienone is 10. The minimum atomic E-state index is -5.43. The highest BCUT2D eigenvalue weighted by Crippen LogP contribution is 2.60. The molecule has 1 aliphatic rings. The SMILES string of the molecule is CCCCC/C=C\C/C=C\C/C=C\C/C=C\CCCC(=O)OC[C@H](COP(=O)(O)OP(=O)(O)OC[C@H]1O[C@@H](n2ccc(N)nc2=O)C(O)[C@H]1O)OC(=O)CCCCCCCCC/C=C\CCCCCC. The lowest BCUT2D eigenvalue weighted by Crippen LogP contribution is -2.36. The van der Waals surface area contributed by atoms with Gasteiger partial charge in [0.05, 0.1) is 13.2 Å². The molecule has 18 nitrogen and oxygen atoms in total. The number of nitrogen functional groups attached to an aromatic ring is 1. The van der Waals surface area contributed by atoms with Gasteiger partial charge in [0.2, 0.25) is 0 Å². The Morgan fingerprint density at radius 2 is 1.17 bits per heavy atom. The normalized spacial score (nSPS) is 19.7. The van der Waals surface area contributed by atoms with Crippen molar-refractivity contribution in [3.05, 3.63) is 83.5 Å². The van der Waals surface area contributed by atoms with Gasteiger partial charge < -0.3 is 39.9 Å². The van der Waals surface area contributed by atoms with Crippen molar-refractivity contribution in [1.82, 2.24) is 9.55 Å². The summed E-state index contributed by atoms with van der Waals surface area (Å²) in [7, 11) is -10.9. The number of aromatic nitrogens is 2. The van der Waals surface area contributed by atoms with Crippen LogP contribution in [0.3, 0.4) is 0 Å². The largest absolute Gasteiger partial charge is 0.481 e. The first kappa shape index (κ1) is 62.6. The van der Waals surface area contributed by atoms with Crippen LogP contribution in [0.2, 0.25) is 0 Å². The Kier molecular flexibility index (Phi) is 34.1. The maximum absolute atomic E-state index is 12.9. The number of phosphoric acid groups is 2. The van der Waals surface area contributed by atoms with Gasteiger partial charge in [0.1, 0.15) is 30.7 Å². The number of unbranched alkanes of at least 4 members (excludes halogenated alkanes) is 15. The molecule has 0 spiro atoms. The van der Waals surface area contributed by atoms with Crippen molar-refractivity contribution < 1.29 is 66.3 Å². The van der Waals surface area contributed by atoms with Crippen molar-refractivity contribution in [1.29, 1.82) is 0 Å². The lowest BCUT2D eigenvalue weighted by molar-refractivity contribution is -0.161. The fourth-order valence-electron chi connectivity index (χ4n) is 7.12. The van der Waals surface area contributed by atoms with Crippen LogP contribution in [0.4, 0.5) is 5.82 Å². The third-order valence-electron chi connectivity index (χ3n) is 11.1. The Bertz CT molecular complexity index is 1910. The summed E-state index contributed by atoms with van der Waals surface area (Å²) in [6.45, 7) is 2.05. The van der Waals surface area contributed by atoms with Crippen LogP contribution < -0.4 is 11.4 Å². The molecule has 0 amide bonds. The summed E-state index contributed by atoms with van der Waals surface area (Å²) in [5.74, 6) is -1.37. The van der Waals surface area contributed by atoms with Crippen LogP contribution in [-0.2, 0) is 46.3 Å². The number of nitrogens with zero attached hydrogens (tertiary/aromatic N) is 2. The van der Waals surface area contributed by atoms with Crippen LogP contribution in [0, 0.1) is 0 Å². The van der Waals surface area contributed by atoms with E-state index in [0.717, 1.165) is 87.8 Å². The number of aliphatic hydroxyl groups is 2. The number of rotatable bonds is 41. The van der Waals surface area contributed by atoms with Gasteiger partial charge in [-0.1, -0.05) is 139 Å². The summed E-state index contributed by atoms with van der Waals surface area (Å²) in [5, 5.41) is 20.9. The molecule has 6 N–H and O–H groups in total. The summed E-state index contributed by atoms with van der Waals surface area (Å²) in [4.78, 5) is 61.9. The molecule has 2 heterocycles. The van der Waals surface area contributed by atoms with E-state index in [4.69, 9.17) is 29.0 Å². The number of carbonyl (C=O) groups is 2. The molecule has 1 aliphatic heterocycles. The van der Waals surface area contributed by atoms with Crippen molar-refractivity contribution in [3.8, 4) is 0 Å². The average Bonchev–Trinajstić information content (AvgIpc) is 3.59. The van der Waals surface area contributed by atoms with Crippen molar-refractivity contribution in [3.63, 3.8) is 0 Å². The highest BCUT2D eigenvalue weighted by atomic mass is 31.3. The van der Waals surface area contributed by atoms with E-state index in [1.807, 2.05) is 12.2 Å². The van der Waals surface area contributed by atoms with Crippen LogP contribution in [0.5, 0.6) is 0 Å². The third kappa shape index (κ3) is 30.4. The lowest BCUT2D eigenvalue weighted by atomic mass is 10.1. The van der Waals surface area contributed by atoms with E-state index in [1.54, 1.807) is 0 Å². The van der Waals surface area contributed by atoms with E-state index in [1.165, 1.54) is 51.0 Å². The van der Waals surface area contributed by atoms with Crippen molar-refractivity contribution in [2.45, 2.75) is 199 Å². The van der Waals surface area contributed by atoms with Crippen LogP contribution >= 0.6 is 15.6 Å². The number of nitrogens with two attached hydrogens (primary N) is 1. The standard InChI is InChI=1S/C50H83N3O15P2/c1-3-5-7-9-11-13-15-17-19-20-22-23-25-27-29-31-33-35-45(54)63-39-42(66-46(55)36-34-32-30-28-26-24-21-18-16-14-12-10-8-6-4-2)40-64-69(59,60)68-70(61,62)65-41-43-47(56)48(57)49(67-43)53-38-37-44(51)52-50(53)58/h11,13-14,16-17,19,22-23,27,29,37-38,42-43,47-49,56-57H,3-10,12,15,18,20-21,24-26,28,30-36,39-41H2,1-2H3,(H,59,60)(H,61,62)(H2,51,52,58)/b13-11-,16-14-,19-17-,23-22-,29-27-/t42-,43-,47+,48?,49-/m1/s1. The average molecular weight is 1030 g/mol. The van der Waals surface area contributed by atoms with Gasteiger partial charge in [-0.15, -0.1) is 0 Å². The van der Waals surface area contributed by atoms with Gasteiger partial charge in [-0.3, -0.25) is 23.2 Å². The molecule has 1 aromatic heterocycles. The molecule has 1 fully saturated rings. The summed E-state index contributed by atoms with van der Waals surface area (Å²) < 4.78 is 56.7. The molecule has 3 unspecified atom stereocenters. The molecule has 20 heteroatoms. The molecule has 398 valence electrons. The number of esters is 2. The maximum Gasteiger partial charge on any atom is 0.481 e. The zero-order valence-corrected chi connectivity index (χ0v) is 43.3. The van der Waals surface area contributed by atoms with Crippen LogP contribution in [-0.4, -0.2) is 85.7 Å². The number of phosphoric ester groups is 2. The van der Waals surface area contributed by atoms with E-state index in [2.05, 4.69) is 71.8 Å². The first-order valence-electron chi connectivity index (χ1n) is 25.3. The van der Waals surface area contributed by atoms with E-state index < -0.39 is 83.7 Å². The van der Waals surface area contributed by atoms with Gasteiger partial charge in [0, 0.05) is 19.0 Å². The second-order valence-corrected chi connectivity index (χ2v) is 20.4. The zero-order chi connectivity index (χ0) is 51.3. The molecule has 70 heavy (non-hydrogen) atoms. The predicted octanol–water partition coefficient (Wildman–Crippen LogP) is 10.3. The van der Waals surface area contributed by atoms with E-state index in [9.17, 15) is 43.5 Å². The molecular weight excluding hydrogens is 945 g/mol.